The van der Waals surface area contributed by atoms with Crippen LogP contribution in [0.5, 0.6) is 0 Å². The molecular weight excluding hydrogens is 457 g/mol. The first-order valence-corrected chi connectivity index (χ1v) is 13.6. The largest absolute Gasteiger partial charge is 0.376 e. The molecular formula is C23H31F3N2O4S. The monoisotopic (exact) mass is 488 g/mol. The topological polar surface area (TPSA) is 75.7 Å². The molecule has 1 aromatic rings. The molecule has 1 aliphatic heterocycles. The Hall–Kier alpha value is -1.65. The van der Waals surface area contributed by atoms with Gasteiger partial charge in [0.25, 0.3) is 0 Å². The number of hydrogen-bond donors (Lipinski definition) is 1. The zero-order chi connectivity index (χ0) is 23.8. The third-order valence-corrected chi connectivity index (χ3v) is 7.75. The molecule has 2 saturated carbocycles. The Balaban J connectivity index is 1.39. The molecule has 4 rings (SSSR count). The SMILES string of the molecule is CS(=O)(=O)N[C@H]1CCCN(C(=O)C2CC2)[C@H]1COC1CCC(c2c(F)ccc(F)c2F)CC1. The molecule has 0 spiro atoms. The number of ether oxygens (including phenoxy) is 1. The highest BCUT2D eigenvalue weighted by molar-refractivity contribution is 7.88. The van der Waals surface area contributed by atoms with Crippen LogP contribution in [0.25, 0.3) is 0 Å². The summed E-state index contributed by atoms with van der Waals surface area (Å²) in [5, 5.41) is 0. The number of nitrogens with one attached hydrogen (secondary N) is 1. The van der Waals surface area contributed by atoms with Gasteiger partial charge in [-0.3, -0.25) is 4.79 Å². The van der Waals surface area contributed by atoms with Crippen molar-refractivity contribution in [2.45, 2.75) is 75.5 Å². The van der Waals surface area contributed by atoms with Gasteiger partial charge in [-0.05, 0) is 69.4 Å². The Bertz CT molecular complexity index is 978. The first-order valence-electron chi connectivity index (χ1n) is 11.7. The molecule has 184 valence electrons. The second-order valence-corrected chi connectivity index (χ2v) is 11.4. The molecule has 1 heterocycles. The van der Waals surface area contributed by atoms with Gasteiger partial charge in [0.1, 0.15) is 5.82 Å². The zero-order valence-corrected chi connectivity index (χ0v) is 19.6. The van der Waals surface area contributed by atoms with Crippen molar-refractivity contribution in [1.29, 1.82) is 0 Å². The van der Waals surface area contributed by atoms with Gasteiger partial charge in [-0.15, -0.1) is 0 Å². The van der Waals surface area contributed by atoms with Crippen molar-refractivity contribution in [3.8, 4) is 0 Å². The Morgan fingerprint density at radius 1 is 1.06 bits per heavy atom. The fraction of sp³-hybridized carbons (Fsp3) is 0.696. The lowest BCUT2D eigenvalue weighted by atomic mass is 9.82. The van der Waals surface area contributed by atoms with E-state index in [1.54, 1.807) is 4.90 Å². The van der Waals surface area contributed by atoms with Gasteiger partial charge in [0.15, 0.2) is 11.6 Å². The predicted molar refractivity (Wildman–Crippen MR) is 116 cm³/mol. The molecule has 0 unspecified atom stereocenters. The molecule has 0 radical (unpaired) electrons. The smallest absolute Gasteiger partial charge is 0.226 e. The summed E-state index contributed by atoms with van der Waals surface area (Å²) in [6.45, 7) is 0.778. The van der Waals surface area contributed by atoms with Crippen LogP contribution in [0, 0.1) is 23.4 Å². The summed E-state index contributed by atoms with van der Waals surface area (Å²) in [5.41, 5.74) is -0.195. The average molecular weight is 489 g/mol. The van der Waals surface area contributed by atoms with Gasteiger partial charge in [0.2, 0.25) is 15.9 Å². The van der Waals surface area contributed by atoms with Gasteiger partial charge in [-0.25, -0.2) is 26.3 Å². The number of benzene rings is 1. The van der Waals surface area contributed by atoms with Gasteiger partial charge in [-0.1, -0.05) is 0 Å². The van der Waals surface area contributed by atoms with Crippen LogP contribution in [-0.2, 0) is 19.6 Å². The number of amides is 1. The van der Waals surface area contributed by atoms with E-state index in [1.807, 2.05) is 0 Å². The van der Waals surface area contributed by atoms with Crippen molar-refractivity contribution >= 4 is 15.9 Å². The second-order valence-electron chi connectivity index (χ2n) is 9.58. The third kappa shape index (κ3) is 5.89. The first kappa shape index (κ1) is 24.5. The molecule has 1 N–H and O–H groups in total. The summed E-state index contributed by atoms with van der Waals surface area (Å²) >= 11 is 0. The molecule has 3 fully saturated rings. The molecule has 0 bridgehead atoms. The molecule has 6 nitrogen and oxygen atoms in total. The molecule has 1 amide bonds. The predicted octanol–water partition coefficient (Wildman–Crippen LogP) is 3.47. The Kier molecular flexibility index (Phi) is 7.35. The minimum Gasteiger partial charge on any atom is -0.376 e. The summed E-state index contributed by atoms with van der Waals surface area (Å²) in [6, 6.07) is 0.948. The van der Waals surface area contributed by atoms with E-state index in [4.69, 9.17) is 4.74 Å². The summed E-state index contributed by atoms with van der Waals surface area (Å²) in [4.78, 5) is 14.6. The summed E-state index contributed by atoms with van der Waals surface area (Å²) in [7, 11) is -3.45. The number of nitrogens with zero attached hydrogens (tertiary/aromatic N) is 1. The highest BCUT2D eigenvalue weighted by Crippen LogP contribution is 2.38. The van der Waals surface area contributed by atoms with Crippen LogP contribution in [0.2, 0.25) is 0 Å². The van der Waals surface area contributed by atoms with Crippen molar-refractivity contribution in [2.24, 2.45) is 5.92 Å². The number of halogens is 3. The Labute approximate surface area is 192 Å². The summed E-state index contributed by atoms with van der Waals surface area (Å²) < 4.78 is 74.4. The van der Waals surface area contributed by atoms with Crippen LogP contribution in [-0.4, -0.2) is 56.8 Å². The molecule has 2 aliphatic carbocycles. The highest BCUT2D eigenvalue weighted by atomic mass is 32.2. The minimum atomic E-state index is -3.45. The number of hydrogen-bond acceptors (Lipinski definition) is 4. The normalized spacial score (nSPS) is 28.7. The molecule has 10 heteroatoms. The maximum Gasteiger partial charge on any atom is 0.226 e. The number of carbonyl (C=O) groups excluding carboxylic acids is 1. The van der Waals surface area contributed by atoms with Crippen LogP contribution >= 0.6 is 0 Å². The zero-order valence-electron chi connectivity index (χ0n) is 18.7. The number of sulfonamides is 1. The molecule has 33 heavy (non-hydrogen) atoms. The number of piperidine rings is 1. The molecule has 1 aromatic carbocycles. The van der Waals surface area contributed by atoms with Gasteiger partial charge in [-0.2, -0.15) is 0 Å². The number of rotatable bonds is 7. The second kappa shape index (κ2) is 9.92. The Morgan fingerprint density at radius 3 is 2.36 bits per heavy atom. The standard InChI is InChI=1S/C23H31F3N2O4S/c1-33(30,31)27-19-3-2-12-28(23(29)15-4-5-15)20(19)13-32-16-8-6-14(7-9-16)21-17(24)10-11-18(25)22(21)26/h10-11,14-16,19-20,27H,2-9,12-13H2,1H3/t14?,16?,19-,20-/m0/s1. The van der Waals surface area contributed by atoms with E-state index < -0.39 is 45.5 Å². The quantitative estimate of drug-likeness (QED) is 0.597. The Morgan fingerprint density at radius 2 is 1.73 bits per heavy atom. The van der Waals surface area contributed by atoms with Gasteiger partial charge < -0.3 is 9.64 Å². The van der Waals surface area contributed by atoms with Crippen molar-refractivity contribution in [2.75, 3.05) is 19.4 Å². The maximum absolute atomic E-state index is 14.2. The van der Waals surface area contributed by atoms with E-state index in [1.165, 1.54) is 0 Å². The maximum atomic E-state index is 14.2. The number of carbonyl (C=O) groups is 1. The lowest BCUT2D eigenvalue weighted by molar-refractivity contribution is -0.139. The van der Waals surface area contributed by atoms with E-state index in [9.17, 15) is 26.4 Å². The lowest BCUT2D eigenvalue weighted by Crippen LogP contribution is -2.59. The van der Waals surface area contributed by atoms with Crippen LogP contribution < -0.4 is 4.72 Å². The van der Waals surface area contributed by atoms with Crippen molar-refractivity contribution in [3.63, 3.8) is 0 Å². The van der Waals surface area contributed by atoms with Crippen LogP contribution in [0.3, 0.4) is 0 Å². The summed E-state index contributed by atoms with van der Waals surface area (Å²) in [6.07, 6.45) is 6.04. The third-order valence-electron chi connectivity index (χ3n) is 7.02. The van der Waals surface area contributed by atoms with E-state index in [2.05, 4.69) is 4.72 Å². The van der Waals surface area contributed by atoms with E-state index in [0.717, 1.165) is 37.7 Å². The molecule has 1 saturated heterocycles. The van der Waals surface area contributed by atoms with Crippen LogP contribution in [0.1, 0.15) is 62.8 Å². The van der Waals surface area contributed by atoms with Crippen molar-refractivity contribution in [1.82, 2.24) is 9.62 Å². The molecule has 3 aliphatic rings. The van der Waals surface area contributed by atoms with Gasteiger partial charge >= 0.3 is 0 Å². The first-order chi connectivity index (χ1) is 15.6. The highest BCUT2D eigenvalue weighted by Gasteiger charge is 2.42. The van der Waals surface area contributed by atoms with Crippen molar-refractivity contribution < 1.29 is 31.1 Å². The molecule has 0 aromatic heterocycles. The summed E-state index contributed by atoms with van der Waals surface area (Å²) in [5.74, 6) is -3.23. The van der Waals surface area contributed by atoms with Gasteiger partial charge in [0.05, 0.1) is 25.0 Å². The van der Waals surface area contributed by atoms with Crippen LogP contribution in [0.4, 0.5) is 13.2 Å². The van der Waals surface area contributed by atoms with Crippen LogP contribution in [0.15, 0.2) is 12.1 Å². The fourth-order valence-electron chi connectivity index (χ4n) is 5.18. The van der Waals surface area contributed by atoms with E-state index in [0.29, 0.717) is 38.6 Å². The lowest BCUT2D eigenvalue weighted by Gasteiger charge is -2.42. The van der Waals surface area contributed by atoms with E-state index >= 15 is 0 Å². The number of likely N-dealkylation sites (tertiary alicyclic amines) is 1. The minimum absolute atomic E-state index is 0.0241. The van der Waals surface area contributed by atoms with E-state index in [-0.39, 0.29) is 30.1 Å². The molecule has 2 atom stereocenters. The van der Waals surface area contributed by atoms with Crippen molar-refractivity contribution in [3.05, 3.63) is 35.1 Å². The van der Waals surface area contributed by atoms with Gasteiger partial charge in [0, 0.05) is 24.1 Å². The average Bonchev–Trinajstić information content (AvgIpc) is 3.60. The fourth-order valence-corrected chi connectivity index (χ4v) is 6.01.